The summed E-state index contributed by atoms with van der Waals surface area (Å²) in [7, 11) is 0. The number of hydrogen-bond acceptors (Lipinski definition) is 1. The monoisotopic (exact) mass is 174 g/mol. The molecule has 2 rings (SSSR count). The molecule has 13 heavy (non-hydrogen) atoms. The van der Waals surface area contributed by atoms with Crippen LogP contribution in [0.4, 0.5) is 0 Å². The molecule has 0 aliphatic heterocycles. The zero-order valence-electron chi connectivity index (χ0n) is 7.51. The largest absolute Gasteiger partial charge is 0.396 e. The maximum absolute atomic E-state index is 9.31. The number of allylic oxidation sites excluding steroid dienone is 8. The van der Waals surface area contributed by atoms with Crippen LogP contribution in [0, 0.1) is 17.8 Å². The van der Waals surface area contributed by atoms with E-state index in [0.717, 1.165) is 0 Å². The zero-order valence-corrected chi connectivity index (χ0v) is 7.51. The Morgan fingerprint density at radius 3 is 1.54 bits per heavy atom. The summed E-state index contributed by atoms with van der Waals surface area (Å²) in [5.74, 6) is 1.12. The van der Waals surface area contributed by atoms with Gasteiger partial charge in [-0.1, -0.05) is 48.6 Å². The topological polar surface area (TPSA) is 20.2 Å². The smallest absolute Gasteiger partial charge is 0.0476 e. The number of rotatable bonds is 3. The van der Waals surface area contributed by atoms with Gasteiger partial charge in [0.2, 0.25) is 0 Å². The molecule has 0 atom stereocenters. The van der Waals surface area contributed by atoms with E-state index in [1.165, 1.54) is 0 Å². The second kappa shape index (κ2) is 3.75. The van der Waals surface area contributed by atoms with Crippen LogP contribution >= 0.6 is 0 Å². The minimum absolute atomic E-state index is 0.249. The highest BCUT2D eigenvalue weighted by Crippen LogP contribution is 2.29. The molecule has 0 fully saturated rings. The van der Waals surface area contributed by atoms with E-state index in [1.54, 1.807) is 0 Å². The second-order valence-corrected chi connectivity index (χ2v) is 3.54. The van der Waals surface area contributed by atoms with E-state index in [4.69, 9.17) is 0 Å². The third kappa shape index (κ3) is 1.65. The van der Waals surface area contributed by atoms with Crippen molar-refractivity contribution < 1.29 is 5.11 Å². The first-order chi connectivity index (χ1) is 6.42. The fourth-order valence-corrected chi connectivity index (χ4v) is 1.97. The van der Waals surface area contributed by atoms with Gasteiger partial charge in [0, 0.05) is 24.4 Å². The zero-order chi connectivity index (χ0) is 9.10. The Morgan fingerprint density at radius 2 is 1.23 bits per heavy atom. The van der Waals surface area contributed by atoms with Crippen molar-refractivity contribution in [3.8, 4) is 0 Å². The predicted octanol–water partition coefficient (Wildman–Crippen LogP) is 2.08. The van der Waals surface area contributed by atoms with Gasteiger partial charge in [-0.25, -0.2) is 0 Å². The van der Waals surface area contributed by atoms with Crippen molar-refractivity contribution in [2.24, 2.45) is 17.8 Å². The summed E-state index contributed by atoms with van der Waals surface area (Å²) < 4.78 is 0. The summed E-state index contributed by atoms with van der Waals surface area (Å²) in [6, 6.07) is 0. The molecule has 0 saturated heterocycles. The molecule has 0 saturated carbocycles. The highest BCUT2D eigenvalue weighted by molar-refractivity contribution is 5.24. The molecule has 0 unspecified atom stereocenters. The van der Waals surface area contributed by atoms with E-state index in [9.17, 15) is 5.11 Å². The minimum Gasteiger partial charge on any atom is -0.396 e. The van der Waals surface area contributed by atoms with Crippen molar-refractivity contribution in [2.75, 3.05) is 6.61 Å². The summed E-state index contributed by atoms with van der Waals surface area (Å²) in [4.78, 5) is 0. The Hall–Kier alpha value is -1.08. The molecule has 1 N–H and O–H groups in total. The van der Waals surface area contributed by atoms with E-state index in [2.05, 4.69) is 48.6 Å². The highest BCUT2D eigenvalue weighted by atomic mass is 16.3. The van der Waals surface area contributed by atoms with E-state index in [1.807, 2.05) is 0 Å². The summed E-state index contributed by atoms with van der Waals surface area (Å²) in [5.41, 5.74) is 0. The summed E-state index contributed by atoms with van der Waals surface area (Å²) in [5, 5.41) is 9.31. The Kier molecular flexibility index (Phi) is 2.46. The van der Waals surface area contributed by atoms with Crippen LogP contribution in [0.5, 0.6) is 0 Å². The molecule has 0 aromatic rings. The van der Waals surface area contributed by atoms with Crippen LogP contribution in [0.25, 0.3) is 0 Å². The van der Waals surface area contributed by atoms with Crippen LogP contribution in [-0.4, -0.2) is 11.7 Å². The van der Waals surface area contributed by atoms with Crippen molar-refractivity contribution in [1.29, 1.82) is 0 Å². The standard InChI is InChI=1S/C12H14O/c13-9-12(10-5-1-2-6-10)11-7-3-4-8-11/h1-8,10-13H,9H2. The maximum atomic E-state index is 9.31. The van der Waals surface area contributed by atoms with Gasteiger partial charge in [0.1, 0.15) is 0 Å². The molecular formula is C12H14O. The highest BCUT2D eigenvalue weighted by Gasteiger charge is 2.24. The van der Waals surface area contributed by atoms with Crippen LogP contribution in [-0.2, 0) is 0 Å². The molecule has 0 aromatic heterocycles. The third-order valence-electron chi connectivity index (χ3n) is 2.76. The first-order valence-electron chi connectivity index (χ1n) is 4.72. The molecule has 0 radical (unpaired) electrons. The van der Waals surface area contributed by atoms with Gasteiger partial charge in [0.25, 0.3) is 0 Å². The fourth-order valence-electron chi connectivity index (χ4n) is 1.97. The first-order valence-corrected chi connectivity index (χ1v) is 4.72. The summed E-state index contributed by atoms with van der Waals surface area (Å²) in [6.07, 6.45) is 16.8. The van der Waals surface area contributed by atoms with E-state index < -0.39 is 0 Å². The van der Waals surface area contributed by atoms with Crippen LogP contribution in [0.2, 0.25) is 0 Å². The van der Waals surface area contributed by atoms with Crippen molar-refractivity contribution in [1.82, 2.24) is 0 Å². The van der Waals surface area contributed by atoms with Gasteiger partial charge in [-0.05, 0) is 0 Å². The predicted molar refractivity (Wildman–Crippen MR) is 54.1 cm³/mol. The van der Waals surface area contributed by atoms with Gasteiger partial charge in [0.15, 0.2) is 0 Å². The molecule has 0 heterocycles. The number of hydrogen-bond donors (Lipinski definition) is 1. The van der Waals surface area contributed by atoms with E-state index in [-0.39, 0.29) is 6.61 Å². The molecule has 68 valence electrons. The average molecular weight is 174 g/mol. The molecule has 2 aliphatic carbocycles. The lowest BCUT2D eigenvalue weighted by Crippen LogP contribution is -2.21. The van der Waals surface area contributed by atoms with Crippen LogP contribution in [0.1, 0.15) is 0 Å². The van der Waals surface area contributed by atoms with Gasteiger partial charge in [-0.2, -0.15) is 0 Å². The minimum atomic E-state index is 0.249. The quantitative estimate of drug-likeness (QED) is 0.694. The molecule has 0 aromatic carbocycles. The van der Waals surface area contributed by atoms with Crippen molar-refractivity contribution >= 4 is 0 Å². The lowest BCUT2D eigenvalue weighted by atomic mass is 9.83. The molecule has 2 aliphatic rings. The Bertz CT molecular complexity index is 231. The lowest BCUT2D eigenvalue weighted by Gasteiger charge is -2.22. The number of aliphatic hydroxyl groups excluding tert-OH is 1. The van der Waals surface area contributed by atoms with Crippen LogP contribution in [0.15, 0.2) is 48.6 Å². The maximum Gasteiger partial charge on any atom is 0.0476 e. The fraction of sp³-hybridized carbons (Fsp3) is 0.333. The van der Waals surface area contributed by atoms with Gasteiger partial charge in [-0.3, -0.25) is 0 Å². The van der Waals surface area contributed by atoms with Gasteiger partial charge >= 0.3 is 0 Å². The SMILES string of the molecule is OCC(C1C=CC=C1)C1C=CC=C1. The van der Waals surface area contributed by atoms with E-state index in [0.29, 0.717) is 17.8 Å². The Labute approximate surface area is 78.8 Å². The van der Waals surface area contributed by atoms with Gasteiger partial charge in [0.05, 0.1) is 0 Å². The molecule has 1 nitrogen and oxygen atoms in total. The molecule has 0 spiro atoms. The van der Waals surface area contributed by atoms with Crippen molar-refractivity contribution in [2.45, 2.75) is 0 Å². The average Bonchev–Trinajstić information content (AvgIpc) is 2.76. The normalized spacial score (nSPS) is 21.4. The van der Waals surface area contributed by atoms with Crippen molar-refractivity contribution in [3.63, 3.8) is 0 Å². The summed E-state index contributed by atoms with van der Waals surface area (Å²) in [6.45, 7) is 0.249. The van der Waals surface area contributed by atoms with Gasteiger partial charge in [-0.15, -0.1) is 0 Å². The summed E-state index contributed by atoms with van der Waals surface area (Å²) >= 11 is 0. The third-order valence-corrected chi connectivity index (χ3v) is 2.76. The molecular weight excluding hydrogens is 160 g/mol. The van der Waals surface area contributed by atoms with Gasteiger partial charge < -0.3 is 5.11 Å². The van der Waals surface area contributed by atoms with Crippen molar-refractivity contribution in [3.05, 3.63) is 48.6 Å². The molecule has 0 amide bonds. The molecule has 1 heteroatoms. The van der Waals surface area contributed by atoms with Crippen LogP contribution in [0.3, 0.4) is 0 Å². The van der Waals surface area contributed by atoms with E-state index >= 15 is 0 Å². The number of aliphatic hydroxyl groups is 1. The Balaban J connectivity index is 2.08. The van der Waals surface area contributed by atoms with Crippen LogP contribution < -0.4 is 0 Å². The Morgan fingerprint density at radius 1 is 0.846 bits per heavy atom. The lowest BCUT2D eigenvalue weighted by molar-refractivity contribution is 0.189. The second-order valence-electron chi connectivity index (χ2n) is 3.54. The first kappa shape index (κ1) is 8.52. The molecule has 0 bridgehead atoms.